The highest BCUT2D eigenvalue weighted by Crippen LogP contribution is 2.35. The Balaban J connectivity index is 1.29. The monoisotopic (exact) mass is 583 g/mol. The number of pyridine rings is 2. The highest BCUT2D eigenvalue weighted by molar-refractivity contribution is 5.80. The van der Waals surface area contributed by atoms with Crippen molar-refractivity contribution in [2.45, 2.75) is 44.3 Å². The number of rotatable bonds is 8. The molecule has 1 amide bonds. The summed E-state index contributed by atoms with van der Waals surface area (Å²) in [4.78, 5) is 21.6. The van der Waals surface area contributed by atoms with Crippen LogP contribution in [0.3, 0.4) is 0 Å². The molecule has 1 atom stereocenters. The summed E-state index contributed by atoms with van der Waals surface area (Å²) >= 11 is 0. The summed E-state index contributed by atoms with van der Waals surface area (Å²) in [6.07, 6.45) is -0.470. The van der Waals surface area contributed by atoms with Gasteiger partial charge < -0.3 is 15.4 Å². The molecular weight excluding hydrogens is 554 g/mol. The molecule has 0 spiro atoms. The number of benzene rings is 1. The third-order valence-electron chi connectivity index (χ3n) is 7.37. The number of ether oxygens (including phenoxy) is 1. The SMILES string of the molecule is Cc1cc(Nc2cc(C(F)(F)F)ccn2)nc(-c2cn(C(C)C(=O)NCC3(c4ccc(F)cc4)CCOCC3)nn2)c1. The molecule has 1 unspecified atom stereocenters. The van der Waals surface area contributed by atoms with Crippen LogP contribution >= 0.6 is 0 Å². The number of carbonyl (C=O) groups is 1. The third kappa shape index (κ3) is 6.56. The van der Waals surface area contributed by atoms with E-state index in [2.05, 4.69) is 30.9 Å². The number of aromatic nitrogens is 5. The summed E-state index contributed by atoms with van der Waals surface area (Å²) in [5.74, 6) is -0.320. The molecular formula is C29H29F4N7O2. The lowest BCUT2D eigenvalue weighted by atomic mass is 9.74. The van der Waals surface area contributed by atoms with Crippen LogP contribution in [-0.4, -0.2) is 50.6 Å². The van der Waals surface area contributed by atoms with Crippen molar-refractivity contribution in [2.24, 2.45) is 0 Å². The van der Waals surface area contributed by atoms with E-state index in [4.69, 9.17) is 4.74 Å². The number of hydrogen-bond acceptors (Lipinski definition) is 7. The summed E-state index contributed by atoms with van der Waals surface area (Å²) in [7, 11) is 0. The second-order valence-corrected chi connectivity index (χ2v) is 10.3. The Kier molecular flexibility index (Phi) is 8.21. The summed E-state index contributed by atoms with van der Waals surface area (Å²) in [6, 6.07) is 10.9. The van der Waals surface area contributed by atoms with Crippen molar-refractivity contribution in [3.63, 3.8) is 0 Å². The predicted molar refractivity (Wildman–Crippen MR) is 146 cm³/mol. The number of anilines is 2. The molecule has 1 aliphatic rings. The number of carbonyl (C=O) groups excluding carboxylic acids is 1. The van der Waals surface area contributed by atoms with Gasteiger partial charge in [-0.1, -0.05) is 17.3 Å². The second kappa shape index (κ2) is 11.8. The zero-order valence-electron chi connectivity index (χ0n) is 23.0. The predicted octanol–water partition coefficient (Wildman–Crippen LogP) is 5.37. The van der Waals surface area contributed by atoms with Crippen molar-refractivity contribution in [3.05, 3.63) is 83.4 Å². The van der Waals surface area contributed by atoms with Gasteiger partial charge in [0.15, 0.2) is 0 Å². The summed E-state index contributed by atoms with van der Waals surface area (Å²) in [5, 5.41) is 14.1. The highest BCUT2D eigenvalue weighted by atomic mass is 19.4. The molecule has 0 radical (unpaired) electrons. The smallest absolute Gasteiger partial charge is 0.381 e. The molecule has 4 aromatic rings. The minimum Gasteiger partial charge on any atom is -0.381 e. The quantitative estimate of drug-likeness (QED) is 0.269. The Morgan fingerprint density at radius 3 is 2.52 bits per heavy atom. The summed E-state index contributed by atoms with van der Waals surface area (Å²) in [5.41, 5.74) is 1.31. The van der Waals surface area contributed by atoms with E-state index >= 15 is 0 Å². The van der Waals surface area contributed by atoms with Gasteiger partial charge in [0.2, 0.25) is 5.91 Å². The van der Waals surface area contributed by atoms with E-state index in [1.165, 1.54) is 16.8 Å². The molecule has 220 valence electrons. The first-order chi connectivity index (χ1) is 20.0. The number of aryl methyl sites for hydroxylation is 1. The molecule has 3 aromatic heterocycles. The highest BCUT2D eigenvalue weighted by Gasteiger charge is 2.35. The first-order valence-corrected chi connectivity index (χ1v) is 13.4. The molecule has 13 heteroatoms. The van der Waals surface area contributed by atoms with E-state index in [9.17, 15) is 22.4 Å². The third-order valence-corrected chi connectivity index (χ3v) is 7.37. The van der Waals surface area contributed by atoms with Gasteiger partial charge in [0.05, 0.1) is 17.5 Å². The van der Waals surface area contributed by atoms with Gasteiger partial charge in [-0.05, 0) is 74.2 Å². The first-order valence-electron chi connectivity index (χ1n) is 13.4. The second-order valence-electron chi connectivity index (χ2n) is 10.3. The topological polar surface area (TPSA) is 107 Å². The van der Waals surface area contributed by atoms with Crippen molar-refractivity contribution < 1.29 is 27.1 Å². The molecule has 0 bridgehead atoms. The van der Waals surface area contributed by atoms with E-state index in [1.807, 2.05) is 6.92 Å². The molecule has 1 saturated heterocycles. The molecule has 4 heterocycles. The van der Waals surface area contributed by atoms with Gasteiger partial charge in [0.25, 0.3) is 0 Å². The van der Waals surface area contributed by atoms with Gasteiger partial charge in [0, 0.05) is 31.4 Å². The van der Waals surface area contributed by atoms with E-state index in [0.717, 1.165) is 29.5 Å². The van der Waals surface area contributed by atoms with Crippen LogP contribution in [0.1, 0.15) is 42.5 Å². The Bertz CT molecular complexity index is 1550. The molecule has 9 nitrogen and oxygen atoms in total. The van der Waals surface area contributed by atoms with Crippen LogP contribution in [0.15, 0.2) is 60.9 Å². The number of alkyl halides is 3. The van der Waals surface area contributed by atoms with Crippen LogP contribution in [0, 0.1) is 12.7 Å². The Morgan fingerprint density at radius 1 is 1.07 bits per heavy atom. The number of nitrogens with zero attached hydrogens (tertiary/aromatic N) is 5. The van der Waals surface area contributed by atoms with E-state index in [0.29, 0.717) is 44.0 Å². The molecule has 1 aromatic carbocycles. The van der Waals surface area contributed by atoms with Crippen LogP contribution in [0.2, 0.25) is 0 Å². The fourth-order valence-electron chi connectivity index (χ4n) is 4.91. The lowest BCUT2D eigenvalue weighted by Gasteiger charge is -2.38. The minimum atomic E-state index is -4.50. The van der Waals surface area contributed by atoms with E-state index in [1.54, 1.807) is 37.4 Å². The van der Waals surface area contributed by atoms with Crippen LogP contribution < -0.4 is 10.6 Å². The fourth-order valence-corrected chi connectivity index (χ4v) is 4.91. The summed E-state index contributed by atoms with van der Waals surface area (Å²) in [6.45, 7) is 4.94. The fraction of sp³-hybridized carbons (Fsp3) is 0.345. The van der Waals surface area contributed by atoms with Crippen molar-refractivity contribution in [1.29, 1.82) is 0 Å². The van der Waals surface area contributed by atoms with Crippen LogP contribution in [0.5, 0.6) is 0 Å². The standard InChI is InChI=1S/C29H29F4N7O2/c1-18-13-23(36-26(14-18)37-25-15-21(7-10-34-25)29(31,32)33)24-16-40(39-38-24)19(2)27(41)35-17-28(8-11-42-12-9-28)20-3-5-22(30)6-4-20/h3-7,10,13-16,19H,8-9,11-12,17H2,1-2H3,(H,35,41)(H,34,36,37). The molecule has 1 fully saturated rings. The maximum atomic E-state index is 13.5. The van der Waals surface area contributed by atoms with Crippen molar-refractivity contribution in [2.75, 3.05) is 25.1 Å². The number of nitrogens with one attached hydrogen (secondary N) is 2. The average molecular weight is 584 g/mol. The van der Waals surface area contributed by atoms with Gasteiger partial charge in [-0.15, -0.1) is 5.10 Å². The van der Waals surface area contributed by atoms with Crippen molar-refractivity contribution >= 4 is 17.5 Å². The summed E-state index contributed by atoms with van der Waals surface area (Å²) < 4.78 is 59.8. The lowest BCUT2D eigenvalue weighted by molar-refractivity contribution is -0.137. The lowest BCUT2D eigenvalue weighted by Crippen LogP contribution is -2.46. The van der Waals surface area contributed by atoms with Gasteiger partial charge >= 0.3 is 6.18 Å². The minimum absolute atomic E-state index is 0.00856. The van der Waals surface area contributed by atoms with Gasteiger partial charge in [-0.25, -0.2) is 19.0 Å². The molecule has 5 rings (SSSR count). The molecule has 42 heavy (non-hydrogen) atoms. The molecule has 1 aliphatic heterocycles. The molecule has 2 N–H and O–H groups in total. The maximum Gasteiger partial charge on any atom is 0.416 e. The Morgan fingerprint density at radius 2 is 1.81 bits per heavy atom. The van der Waals surface area contributed by atoms with Crippen LogP contribution in [0.4, 0.5) is 29.2 Å². The van der Waals surface area contributed by atoms with Crippen LogP contribution in [-0.2, 0) is 21.1 Å². The van der Waals surface area contributed by atoms with Crippen LogP contribution in [0.25, 0.3) is 11.4 Å². The molecule has 0 saturated carbocycles. The largest absolute Gasteiger partial charge is 0.416 e. The average Bonchev–Trinajstić information content (AvgIpc) is 3.46. The van der Waals surface area contributed by atoms with Crippen molar-refractivity contribution in [1.82, 2.24) is 30.3 Å². The van der Waals surface area contributed by atoms with Gasteiger partial charge in [0.1, 0.15) is 29.2 Å². The number of halogens is 4. The number of hydrogen-bond donors (Lipinski definition) is 2. The van der Waals surface area contributed by atoms with E-state index in [-0.39, 0.29) is 28.8 Å². The van der Waals surface area contributed by atoms with Gasteiger partial charge in [-0.2, -0.15) is 13.2 Å². The maximum absolute atomic E-state index is 13.5. The van der Waals surface area contributed by atoms with E-state index < -0.39 is 17.8 Å². The Hall–Kier alpha value is -4.39. The Labute approximate surface area is 239 Å². The number of amides is 1. The normalized spacial score (nSPS) is 15.7. The van der Waals surface area contributed by atoms with Gasteiger partial charge in [-0.3, -0.25) is 4.79 Å². The van der Waals surface area contributed by atoms with Crippen molar-refractivity contribution in [3.8, 4) is 11.4 Å². The molecule has 0 aliphatic carbocycles. The zero-order chi connectivity index (χ0) is 29.9. The first kappa shape index (κ1) is 29.1. The zero-order valence-corrected chi connectivity index (χ0v) is 23.0.